The molecule has 8 nitrogen and oxygen atoms in total. The lowest BCUT2D eigenvalue weighted by atomic mass is 9.99. The molecule has 0 saturated carbocycles. The minimum atomic E-state index is -1.13. The number of carbonyl (C=O) groups is 1. The number of aromatic hydroxyl groups is 1. The van der Waals surface area contributed by atoms with Crippen molar-refractivity contribution in [1.29, 1.82) is 0 Å². The molecule has 9 heteroatoms. The van der Waals surface area contributed by atoms with Crippen molar-refractivity contribution in [2.24, 2.45) is 0 Å². The van der Waals surface area contributed by atoms with Gasteiger partial charge in [0, 0.05) is 5.56 Å². The average molecular weight is 426 g/mol. The Bertz CT molecular complexity index is 1190. The number of aromatic nitrogens is 2. The summed E-state index contributed by atoms with van der Waals surface area (Å²) < 4.78 is 17.4. The molecule has 0 radical (unpaired) electrons. The van der Waals surface area contributed by atoms with Crippen molar-refractivity contribution in [3.05, 3.63) is 69.5 Å². The van der Waals surface area contributed by atoms with Crippen LogP contribution in [0.4, 0.5) is 0 Å². The number of esters is 1. The Labute approximate surface area is 176 Å². The maximum Gasteiger partial charge on any atom is 0.343 e. The van der Waals surface area contributed by atoms with E-state index in [0.717, 1.165) is 0 Å². The van der Waals surface area contributed by atoms with Crippen molar-refractivity contribution < 1.29 is 24.1 Å². The number of para-hydroxylation sites is 1. The molecule has 0 fully saturated rings. The van der Waals surface area contributed by atoms with Gasteiger partial charge in [-0.3, -0.25) is 9.36 Å². The maximum absolute atomic E-state index is 13.5. The van der Waals surface area contributed by atoms with Crippen LogP contribution >= 0.6 is 11.8 Å². The number of hydrogen-bond donors (Lipinski definition) is 1. The van der Waals surface area contributed by atoms with E-state index in [1.54, 1.807) is 42.7 Å². The predicted molar refractivity (Wildman–Crippen MR) is 110 cm³/mol. The summed E-state index contributed by atoms with van der Waals surface area (Å²) in [6.07, 6.45) is 0.626. The highest BCUT2D eigenvalue weighted by Crippen LogP contribution is 2.45. The molecular formula is C21H18N2O6S. The summed E-state index contributed by atoms with van der Waals surface area (Å²) in [4.78, 5) is 30.3. The first-order valence-electron chi connectivity index (χ1n) is 8.93. The summed E-state index contributed by atoms with van der Waals surface area (Å²) >= 11 is 1.21. The zero-order valence-corrected chi connectivity index (χ0v) is 17.2. The van der Waals surface area contributed by atoms with Crippen LogP contribution in [0.3, 0.4) is 0 Å². The number of fused-ring (bicyclic) bond motifs is 1. The normalized spacial score (nSPS) is 14.9. The number of nitrogens with zero attached hydrogens (tertiary/aromatic N) is 2. The van der Waals surface area contributed by atoms with Crippen molar-refractivity contribution in [2.75, 3.05) is 20.5 Å². The largest absolute Gasteiger partial charge is 0.493 e. The smallest absolute Gasteiger partial charge is 0.343 e. The zero-order valence-electron chi connectivity index (χ0n) is 16.4. The van der Waals surface area contributed by atoms with E-state index >= 15 is 0 Å². The molecule has 0 unspecified atom stereocenters. The quantitative estimate of drug-likeness (QED) is 0.378. The molecule has 0 amide bonds. The standard InChI is InChI=1S/C21H18N2O6S/c1-27-13-10-9-12-14(17(13)28-2)20(26)29-16(12)15-18(24)22-21(30-3)23(19(15)25)11-7-5-4-6-8-11/h4-10,16,24H,1-3H3/t16-/m0/s1. The summed E-state index contributed by atoms with van der Waals surface area (Å²) in [7, 11) is 2.87. The van der Waals surface area contributed by atoms with Gasteiger partial charge in [0.25, 0.3) is 5.56 Å². The Hall–Kier alpha value is -3.46. The Morgan fingerprint density at radius 2 is 1.83 bits per heavy atom. The molecule has 0 spiro atoms. The first kappa shape index (κ1) is 19.8. The average Bonchev–Trinajstić information content (AvgIpc) is 3.09. The molecule has 0 saturated heterocycles. The number of rotatable bonds is 5. The lowest BCUT2D eigenvalue weighted by Crippen LogP contribution is -2.27. The molecule has 1 aliphatic rings. The van der Waals surface area contributed by atoms with Crippen LogP contribution in [0.25, 0.3) is 5.69 Å². The Morgan fingerprint density at radius 1 is 1.10 bits per heavy atom. The fourth-order valence-electron chi connectivity index (χ4n) is 3.49. The van der Waals surface area contributed by atoms with Crippen molar-refractivity contribution in [2.45, 2.75) is 11.3 Å². The number of hydrogen-bond acceptors (Lipinski definition) is 8. The number of ether oxygens (including phenoxy) is 3. The minimum absolute atomic E-state index is 0.129. The molecule has 1 aromatic heterocycles. The van der Waals surface area contributed by atoms with Gasteiger partial charge in [-0.2, -0.15) is 4.98 Å². The highest BCUT2D eigenvalue weighted by Gasteiger charge is 2.40. The molecular weight excluding hydrogens is 408 g/mol. The molecule has 1 aliphatic heterocycles. The van der Waals surface area contributed by atoms with E-state index in [9.17, 15) is 14.7 Å². The molecule has 1 atom stereocenters. The monoisotopic (exact) mass is 426 g/mol. The van der Waals surface area contributed by atoms with Gasteiger partial charge in [-0.25, -0.2) is 4.79 Å². The SMILES string of the molecule is COc1ccc2c(c1OC)C(=O)O[C@@H]2c1c(O)nc(SC)n(-c2ccccc2)c1=O. The van der Waals surface area contributed by atoms with Gasteiger partial charge in [-0.1, -0.05) is 36.0 Å². The van der Waals surface area contributed by atoms with Crippen LogP contribution in [-0.2, 0) is 4.74 Å². The molecule has 2 aromatic carbocycles. The second kappa shape index (κ2) is 7.75. The number of carbonyl (C=O) groups excluding carboxylic acids is 1. The van der Waals surface area contributed by atoms with Crippen molar-refractivity contribution >= 4 is 17.7 Å². The molecule has 2 heterocycles. The Morgan fingerprint density at radius 3 is 2.47 bits per heavy atom. The summed E-state index contributed by atoms with van der Waals surface area (Å²) in [5, 5.41) is 10.9. The number of cyclic esters (lactones) is 1. The topological polar surface area (TPSA) is 99.9 Å². The van der Waals surface area contributed by atoms with Gasteiger partial charge in [0.1, 0.15) is 11.1 Å². The second-order valence-corrected chi connectivity index (χ2v) is 7.14. The molecule has 0 bridgehead atoms. The zero-order chi connectivity index (χ0) is 21.4. The van der Waals surface area contributed by atoms with Gasteiger partial charge in [-0.15, -0.1) is 0 Å². The van der Waals surface area contributed by atoms with Gasteiger partial charge in [0.15, 0.2) is 22.8 Å². The van der Waals surface area contributed by atoms with Crippen LogP contribution < -0.4 is 15.0 Å². The summed E-state index contributed by atoms with van der Waals surface area (Å²) in [5.41, 5.74) is 0.469. The number of methoxy groups -OCH3 is 2. The van der Waals surface area contributed by atoms with Crippen LogP contribution in [0, 0.1) is 0 Å². The summed E-state index contributed by atoms with van der Waals surface area (Å²) in [6.45, 7) is 0. The van der Waals surface area contributed by atoms with Crippen molar-refractivity contribution in [3.8, 4) is 23.1 Å². The molecule has 3 aromatic rings. The predicted octanol–water partition coefficient (Wildman–Crippen LogP) is 2.94. The Balaban J connectivity index is 1.96. The second-order valence-electron chi connectivity index (χ2n) is 6.36. The molecule has 154 valence electrons. The van der Waals surface area contributed by atoms with Gasteiger partial charge >= 0.3 is 5.97 Å². The van der Waals surface area contributed by atoms with Crippen LogP contribution in [0.15, 0.2) is 52.4 Å². The van der Waals surface area contributed by atoms with E-state index < -0.39 is 23.5 Å². The van der Waals surface area contributed by atoms with E-state index in [0.29, 0.717) is 22.2 Å². The highest BCUT2D eigenvalue weighted by molar-refractivity contribution is 7.98. The van der Waals surface area contributed by atoms with Gasteiger partial charge in [0.2, 0.25) is 5.88 Å². The highest BCUT2D eigenvalue weighted by atomic mass is 32.2. The lowest BCUT2D eigenvalue weighted by Gasteiger charge is -2.17. The minimum Gasteiger partial charge on any atom is -0.493 e. The lowest BCUT2D eigenvalue weighted by molar-refractivity contribution is 0.0447. The van der Waals surface area contributed by atoms with Crippen LogP contribution in [-0.4, -0.2) is 41.1 Å². The molecule has 1 N–H and O–H groups in total. The Kier molecular flexibility index (Phi) is 5.13. The van der Waals surface area contributed by atoms with Crippen LogP contribution in [0.1, 0.15) is 27.6 Å². The van der Waals surface area contributed by atoms with Crippen molar-refractivity contribution in [3.63, 3.8) is 0 Å². The fourth-order valence-corrected chi connectivity index (χ4v) is 4.04. The number of benzene rings is 2. The van der Waals surface area contributed by atoms with E-state index in [2.05, 4.69) is 4.98 Å². The molecule has 0 aliphatic carbocycles. The van der Waals surface area contributed by atoms with Gasteiger partial charge < -0.3 is 19.3 Å². The van der Waals surface area contributed by atoms with E-state index in [1.165, 1.54) is 30.5 Å². The molecule has 4 rings (SSSR count). The summed E-state index contributed by atoms with van der Waals surface area (Å²) in [6, 6.07) is 12.2. The van der Waals surface area contributed by atoms with Crippen molar-refractivity contribution in [1.82, 2.24) is 9.55 Å². The number of thioether (sulfide) groups is 1. The fraction of sp³-hybridized carbons (Fsp3) is 0.190. The third kappa shape index (κ3) is 2.98. The van der Waals surface area contributed by atoms with E-state index in [4.69, 9.17) is 14.2 Å². The third-order valence-corrected chi connectivity index (χ3v) is 5.45. The molecule has 30 heavy (non-hydrogen) atoms. The maximum atomic E-state index is 13.5. The van der Waals surface area contributed by atoms with Crippen LogP contribution in [0.5, 0.6) is 17.4 Å². The third-order valence-electron chi connectivity index (χ3n) is 4.82. The van der Waals surface area contributed by atoms with Crippen LogP contribution in [0.2, 0.25) is 0 Å². The van der Waals surface area contributed by atoms with E-state index in [1.807, 2.05) is 6.07 Å². The van der Waals surface area contributed by atoms with E-state index in [-0.39, 0.29) is 16.9 Å². The summed E-state index contributed by atoms with van der Waals surface area (Å²) in [5.74, 6) is -0.601. The van der Waals surface area contributed by atoms with Gasteiger partial charge in [-0.05, 0) is 24.5 Å². The first-order chi connectivity index (χ1) is 14.5. The first-order valence-corrected chi connectivity index (χ1v) is 10.2. The van der Waals surface area contributed by atoms with Gasteiger partial charge in [0.05, 0.1) is 19.9 Å².